The maximum atomic E-state index is 13.8. The van der Waals surface area contributed by atoms with Gasteiger partial charge in [0.1, 0.15) is 16.9 Å². The van der Waals surface area contributed by atoms with Crippen LogP contribution >= 0.6 is 0 Å². The molecule has 1 aromatic carbocycles. The highest BCUT2D eigenvalue weighted by atomic mass is 16.3. The molecule has 11 nitrogen and oxygen atoms in total. The van der Waals surface area contributed by atoms with Crippen LogP contribution in [0.15, 0.2) is 38.3 Å². The summed E-state index contributed by atoms with van der Waals surface area (Å²) in [5.41, 5.74) is 8.26. The summed E-state index contributed by atoms with van der Waals surface area (Å²) in [4.78, 5) is 43.1. The normalized spacial score (nSPS) is 16.0. The molecule has 5 heterocycles. The summed E-state index contributed by atoms with van der Waals surface area (Å²) in [6.45, 7) is 4.76. The van der Waals surface area contributed by atoms with Gasteiger partial charge < -0.3 is 15.1 Å². The lowest BCUT2D eigenvalue weighted by molar-refractivity contribution is 0.499. The second-order valence-corrected chi connectivity index (χ2v) is 9.36. The zero-order valence-electron chi connectivity index (χ0n) is 20.9. The number of aryl methyl sites for hydroxylation is 2. The highest BCUT2D eigenvalue weighted by molar-refractivity contribution is 6.02. The van der Waals surface area contributed by atoms with E-state index in [4.69, 9.17) is 10.2 Å². The van der Waals surface area contributed by atoms with E-state index in [0.29, 0.717) is 40.7 Å². The van der Waals surface area contributed by atoms with Crippen molar-refractivity contribution in [3.8, 4) is 12.0 Å². The van der Waals surface area contributed by atoms with Gasteiger partial charge in [0.25, 0.3) is 5.56 Å². The van der Waals surface area contributed by atoms with Crippen molar-refractivity contribution in [1.82, 2.24) is 28.7 Å². The van der Waals surface area contributed by atoms with E-state index in [2.05, 4.69) is 26.9 Å². The molecule has 0 aliphatic carbocycles. The molecule has 1 fully saturated rings. The van der Waals surface area contributed by atoms with Crippen molar-refractivity contribution in [3.05, 3.63) is 56.6 Å². The van der Waals surface area contributed by atoms with Crippen molar-refractivity contribution in [3.63, 3.8) is 0 Å². The number of furan rings is 1. The monoisotopic (exact) mass is 498 g/mol. The molecule has 188 valence electrons. The van der Waals surface area contributed by atoms with Gasteiger partial charge >= 0.3 is 5.69 Å². The van der Waals surface area contributed by atoms with Crippen molar-refractivity contribution in [2.24, 2.45) is 12.8 Å². The van der Waals surface area contributed by atoms with Crippen molar-refractivity contribution in [1.29, 1.82) is 0 Å². The minimum atomic E-state index is -0.507. The number of anilines is 1. The second-order valence-electron chi connectivity index (χ2n) is 9.36. The number of imidazole rings is 1. The number of hydrogen-bond acceptors (Lipinski definition) is 8. The third-order valence-electron chi connectivity index (χ3n) is 6.82. The van der Waals surface area contributed by atoms with E-state index >= 15 is 0 Å². The zero-order chi connectivity index (χ0) is 25.8. The Bertz CT molecular complexity index is 1880. The Morgan fingerprint density at radius 1 is 1.19 bits per heavy atom. The van der Waals surface area contributed by atoms with Crippen LogP contribution in [0.3, 0.4) is 0 Å². The Balaban J connectivity index is 1.53. The standard InChI is InChI=1S/C26H26N8O3/c1-4-11-33-21-23(30-25(33)32-12-7-8-16(27)13-32)31(3)26(36)34(24(21)35)14-19-28-15(2)22-20(29-19)17-9-5-6-10-18(17)37-22/h5-6,9-10,16H,7-8,12-14,27H2,1-3H3/t16-/m1/s1. The number of para-hydroxylation sites is 1. The predicted octanol–water partition coefficient (Wildman–Crippen LogP) is 1.70. The third-order valence-corrected chi connectivity index (χ3v) is 6.82. The van der Waals surface area contributed by atoms with Crippen LogP contribution in [0.25, 0.3) is 33.2 Å². The highest BCUT2D eigenvalue weighted by Crippen LogP contribution is 2.28. The summed E-state index contributed by atoms with van der Waals surface area (Å²) in [5.74, 6) is 3.72. The fraction of sp³-hybridized carbons (Fsp3) is 0.346. The van der Waals surface area contributed by atoms with Crippen molar-refractivity contribution in [2.75, 3.05) is 18.0 Å². The number of benzene rings is 1. The van der Waals surface area contributed by atoms with E-state index < -0.39 is 11.2 Å². The van der Waals surface area contributed by atoms with Crippen molar-refractivity contribution in [2.45, 2.75) is 39.3 Å². The molecule has 1 atom stereocenters. The Hall–Kier alpha value is -4.43. The van der Waals surface area contributed by atoms with Crippen LogP contribution in [-0.2, 0) is 13.6 Å². The fourth-order valence-corrected chi connectivity index (χ4v) is 5.07. The van der Waals surface area contributed by atoms with Gasteiger partial charge in [-0.05, 0) is 38.8 Å². The van der Waals surface area contributed by atoms with Crippen molar-refractivity contribution < 1.29 is 4.42 Å². The maximum absolute atomic E-state index is 13.8. The molecule has 2 N–H and O–H groups in total. The van der Waals surface area contributed by atoms with Crippen LogP contribution in [0.5, 0.6) is 0 Å². The first-order valence-electron chi connectivity index (χ1n) is 12.2. The van der Waals surface area contributed by atoms with Crippen LogP contribution in [0, 0.1) is 18.9 Å². The van der Waals surface area contributed by atoms with E-state index in [9.17, 15) is 9.59 Å². The molecule has 6 rings (SSSR count). The molecule has 0 bridgehead atoms. The molecule has 1 aliphatic heterocycles. The molecule has 4 aromatic heterocycles. The van der Waals surface area contributed by atoms with Crippen LogP contribution in [0.4, 0.5) is 5.95 Å². The minimum absolute atomic E-state index is 0.00591. The summed E-state index contributed by atoms with van der Waals surface area (Å²) < 4.78 is 10.0. The summed E-state index contributed by atoms with van der Waals surface area (Å²) in [5, 5.41) is 0.848. The number of nitrogens with two attached hydrogens (primary N) is 1. The largest absolute Gasteiger partial charge is 0.452 e. The SMILES string of the molecule is CC#Cn1c(N2CCC[C@@H](N)C2)nc2c1c(=O)n(Cc1nc(C)c3oc4ccccc4c3n1)c(=O)n2C. The van der Waals surface area contributed by atoms with Crippen LogP contribution in [-0.4, -0.2) is 47.8 Å². The van der Waals surface area contributed by atoms with Gasteiger partial charge in [0.05, 0.1) is 12.2 Å². The summed E-state index contributed by atoms with van der Waals surface area (Å²) in [7, 11) is 1.60. The van der Waals surface area contributed by atoms with E-state index in [1.165, 1.54) is 4.57 Å². The number of aromatic nitrogens is 6. The molecule has 0 spiro atoms. The molecular weight excluding hydrogens is 472 g/mol. The number of hydrogen-bond donors (Lipinski definition) is 1. The van der Waals surface area contributed by atoms with Gasteiger partial charge in [-0.25, -0.2) is 19.3 Å². The average molecular weight is 499 g/mol. The molecule has 1 saturated heterocycles. The minimum Gasteiger partial charge on any atom is -0.452 e. The first-order valence-corrected chi connectivity index (χ1v) is 12.2. The number of nitrogens with zero attached hydrogens (tertiary/aromatic N) is 7. The Labute approximate surface area is 211 Å². The van der Waals surface area contributed by atoms with Crippen molar-refractivity contribution >= 4 is 39.2 Å². The van der Waals surface area contributed by atoms with Gasteiger partial charge in [0.2, 0.25) is 5.95 Å². The molecule has 1 aliphatic rings. The van der Waals surface area contributed by atoms with Gasteiger partial charge in [-0.1, -0.05) is 18.1 Å². The highest BCUT2D eigenvalue weighted by Gasteiger charge is 2.26. The number of fused-ring (bicyclic) bond motifs is 4. The first-order chi connectivity index (χ1) is 17.9. The topological polar surface area (TPSA) is 130 Å². The van der Waals surface area contributed by atoms with Crippen LogP contribution in [0.2, 0.25) is 0 Å². The van der Waals surface area contributed by atoms with Gasteiger partial charge in [0.15, 0.2) is 16.7 Å². The maximum Gasteiger partial charge on any atom is 0.332 e. The van der Waals surface area contributed by atoms with E-state index in [0.717, 1.165) is 29.3 Å². The van der Waals surface area contributed by atoms with E-state index in [-0.39, 0.29) is 23.8 Å². The molecule has 37 heavy (non-hydrogen) atoms. The molecule has 0 saturated carbocycles. The lowest BCUT2D eigenvalue weighted by Crippen LogP contribution is -2.43. The zero-order valence-corrected chi connectivity index (χ0v) is 20.9. The molecule has 0 radical (unpaired) electrons. The van der Waals surface area contributed by atoms with Gasteiger partial charge in [0, 0.05) is 37.6 Å². The van der Waals surface area contributed by atoms with Crippen LogP contribution in [0.1, 0.15) is 31.3 Å². The van der Waals surface area contributed by atoms with Gasteiger partial charge in [-0.2, -0.15) is 4.98 Å². The van der Waals surface area contributed by atoms with Gasteiger partial charge in [-0.3, -0.25) is 13.9 Å². The lowest BCUT2D eigenvalue weighted by atomic mass is 10.1. The quantitative estimate of drug-likeness (QED) is 0.372. The lowest BCUT2D eigenvalue weighted by Gasteiger charge is -2.31. The summed E-state index contributed by atoms with van der Waals surface area (Å²) in [6, 6.07) is 10.6. The summed E-state index contributed by atoms with van der Waals surface area (Å²) >= 11 is 0. The Morgan fingerprint density at radius 3 is 2.78 bits per heavy atom. The average Bonchev–Trinajstić information content (AvgIpc) is 3.45. The second kappa shape index (κ2) is 8.60. The van der Waals surface area contributed by atoms with E-state index in [1.807, 2.05) is 36.1 Å². The summed E-state index contributed by atoms with van der Waals surface area (Å²) in [6.07, 6.45) is 1.84. The third kappa shape index (κ3) is 3.60. The molecule has 5 aromatic rings. The van der Waals surface area contributed by atoms with Crippen LogP contribution < -0.4 is 21.9 Å². The van der Waals surface area contributed by atoms with E-state index in [1.54, 1.807) is 18.5 Å². The number of rotatable bonds is 3. The molecule has 11 heteroatoms. The smallest absolute Gasteiger partial charge is 0.332 e. The Kier molecular flexibility index (Phi) is 5.35. The predicted molar refractivity (Wildman–Crippen MR) is 141 cm³/mol. The van der Waals surface area contributed by atoms with Gasteiger partial charge in [-0.15, -0.1) is 0 Å². The Morgan fingerprint density at radius 2 is 2.00 bits per heavy atom. The molecule has 0 unspecified atom stereocenters. The fourth-order valence-electron chi connectivity index (χ4n) is 5.07. The number of piperidine rings is 1. The first kappa shape index (κ1) is 23.0. The molecule has 0 amide bonds. The molecular formula is C26H26N8O3.